The fraction of sp³-hybridized carbons (Fsp3) is 0.600. The normalized spacial score (nSPS) is 15.2. The molecular formula is C5F10. The van der Waals surface area contributed by atoms with Crippen molar-refractivity contribution in [2.45, 2.75) is 17.8 Å². The molecule has 0 spiro atoms. The first kappa shape index (κ1) is 14.3. The Labute approximate surface area is 75.9 Å². The number of alkyl halides is 6. The summed E-state index contributed by atoms with van der Waals surface area (Å²) in [6.07, 6.45) is -8.76. The lowest BCUT2D eigenvalue weighted by Crippen LogP contribution is -2.56. The van der Waals surface area contributed by atoms with Gasteiger partial charge in [-0.3, -0.25) is 0 Å². The highest BCUT2D eigenvalue weighted by Crippen LogP contribution is 2.54. The number of hydrogen-bond donors (Lipinski definition) is 0. The van der Waals surface area contributed by atoms with Gasteiger partial charge in [0.15, 0.2) is 0 Å². The summed E-state index contributed by atoms with van der Waals surface area (Å²) in [6.45, 7) is 0. The van der Waals surface area contributed by atoms with Crippen molar-refractivity contribution in [2.24, 2.45) is 0 Å². The minimum atomic E-state index is -6.91. The minimum absolute atomic E-state index is 4.38. The summed E-state index contributed by atoms with van der Waals surface area (Å²) >= 11 is 0. The maximum Gasteiger partial charge on any atom is 0.385 e. The van der Waals surface area contributed by atoms with Crippen LogP contribution in [0.25, 0.3) is 0 Å². The molecule has 0 aliphatic heterocycles. The van der Waals surface area contributed by atoms with Crippen LogP contribution in [0.2, 0.25) is 0 Å². The van der Waals surface area contributed by atoms with Crippen LogP contribution in [-0.2, 0) is 0 Å². The highest BCUT2D eigenvalue weighted by molar-refractivity contribution is 5.08. The Kier molecular flexibility index (Phi) is 3.53. The standard InChI is InChI=1S/C5F10/c6-1(7)3(10,11)5(14,15)4(12,13)2(8)9. The zero-order valence-corrected chi connectivity index (χ0v) is 6.28. The van der Waals surface area contributed by atoms with Gasteiger partial charge >= 0.3 is 30.6 Å². The van der Waals surface area contributed by atoms with Crippen LogP contribution in [0.5, 0.6) is 0 Å². The van der Waals surface area contributed by atoms with Crippen molar-refractivity contribution in [3.05, 3.63) is 12.9 Å². The first-order valence-corrected chi connectivity index (χ1v) is 2.89. The minimum Gasteiger partial charge on any atom is -0.192 e. The Balaban J connectivity index is 5.30. The number of rotatable bonds is 4. The largest absolute Gasteiger partial charge is 0.385 e. The second kappa shape index (κ2) is 3.71. The van der Waals surface area contributed by atoms with Gasteiger partial charge in [0.2, 0.25) is 0 Å². The molecule has 0 aromatic carbocycles. The third kappa shape index (κ3) is 1.98. The van der Waals surface area contributed by atoms with Crippen LogP contribution in [0.3, 0.4) is 0 Å². The maximum absolute atomic E-state index is 12.0. The lowest BCUT2D eigenvalue weighted by Gasteiger charge is -2.30. The Morgan fingerprint density at radius 3 is 0.867 bits per heavy atom. The van der Waals surface area contributed by atoms with Crippen LogP contribution < -0.4 is 0 Å². The van der Waals surface area contributed by atoms with E-state index in [-0.39, 0.29) is 0 Å². The van der Waals surface area contributed by atoms with Crippen molar-refractivity contribution in [2.75, 3.05) is 0 Å². The van der Waals surface area contributed by atoms with E-state index in [1.807, 2.05) is 0 Å². The molecule has 15 heavy (non-hydrogen) atoms. The molecule has 0 rings (SSSR count). The molecule has 0 aliphatic carbocycles. The molecule has 0 unspecified atom stereocenters. The van der Waals surface area contributed by atoms with Gasteiger partial charge in [-0.2, -0.15) is 43.9 Å². The summed E-state index contributed by atoms with van der Waals surface area (Å²) in [5.41, 5.74) is 0. The molecule has 0 atom stereocenters. The van der Waals surface area contributed by atoms with Gasteiger partial charge in [-0.1, -0.05) is 0 Å². The van der Waals surface area contributed by atoms with Crippen LogP contribution in [0.1, 0.15) is 0 Å². The molecule has 0 saturated carbocycles. The van der Waals surface area contributed by atoms with Crippen molar-refractivity contribution in [1.82, 2.24) is 0 Å². The van der Waals surface area contributed by atoms with E-state index in [1.54, 1.807) is 0 Å². The van der Waals surface area contributed by atoms with Crippen LogP contribution in [0.4, 0.5) is 43.9 Å². The number of hydrogen-bond acceptors (Lipinski definition) is 0. The molecule has 0 aromatic rings. The van der Waals surface area contributed by atoms with E-state index in [9.17, 15) is 43.9 Å². The first-order valence-electron chi connectivity index (χ1n) is 2.89. The Bertz CT molecular complexity index is 196. The van der Waals surface area contributed by atoms with Gasteiger partial charge in [0, 0.05) is 0 Å². The zero-order valence-electron chi connectivity index (χ0n) is 6.28. The molecule has 2 radical (unpaired) electrons. The van der Waals surface area contributed by atoms with E-state index in [0.717, 1.165) is 0 Å². The average molecular weight is 250 g/mol. The molecular weight excluding hydrogens is 250 g/mol. The third-order valence-electron chi connectivity index (χ3n) is 1.26. The predicted octanol–water partition coefficient (Wildman–Crippen LogP) is 3.75. The summed E-state index contributed by atoms with van der Waals surface area (Å²) in [5, 5.41) is 0. The highest BCUT2D eigenvalue weighted by Gasteiger charge is 2.79. The molecule has 0 bridgehead atoms. The maximum atomic E-state index is 12.0. The lowest BCUT2D eigenvalue weighted by atomic mass is 10.1. The first-order chi connectivity index (χ1) is 6.39. The van der Waals surface area contributed by atoms with Crippen molar-refractivity contribution in [3.8, 4) is 0 Å². The second-order valence-electron chi connectivity index (χ2n) is 2.24. The summed E-state index contributed by atoms with van der Waals surface area (Å²) < 4.78 is 116. The monoisotopic (exact) mass is 250 g/mol. The topological polar surface area (TPSA) is 0 Å². The van der Waals surface area contributed by atoms with Crippen molar-refractivity contribution >= 4 is 0 Å². The van der Waals surface area contributed by atoms with Gasteiger partial charge in [-0.05, 0) is 0 Å². The van der Waals surface area contributed by atoms with Gasteiger partial charge in [0.05, 0.1) is 0 Å². The van der Waals surface area contributed by atoms with E-state index in [1.165, 1.54) is 0 Å². The zero-order chi connectivity index (χ0) is 12.7. The summed E-state index contributed by atoms with van der Waals surface area (Å²) in [6, 6.07) is 0. The van der Waals surface area contributed by atoms with Crippen molar-refractivity contribution < 1.29 is 43.9 Å². The van der Waals surface area contributed by atoms with Crippen molar-refractivity contribution in [3.63, 3.8) is 0 Å². The van der Waals surface area contributed by atoms with Crippen LogP contribution >= 0.6 is 0 Å². The van der Waals surface area contributed by atoms with Crippen LogP contribution in [0, 0.1) is 12.9 Å². The SMILES string of the molecule is F[C](F)C(F)(F)C(F)(F)C(F)(F)[C](F)F. The van der Waals surface area contributed by atoms with E-state index in [0.29, 0.717) is 0 Å². The molecule has 10 heteroatoms. The van der Waals surface area contributed by atoms with Gasteiger partial charge in [0.1, 0.15) is 0 Å². The van der Waals surface area contributed by atoms with Gasteiger partial charge in [-0.25, -0.2) is 0 Å². The van der Waals surface area contributed by atoms with Crippen LogP contribution in [-0.4, -0.2) is 17.8 Å². The number of halogens is 10. The quantitative estimate of drug-likeness (QED) is 0.666. The Morgan fingerprint density at radius 1 is 0.533 bits per heavy atom. The summed E-state index contributed by atoms with van der Waals surface area (Å²) in [4.78, 5) is 0. The van der Waals surface area contributed by atoms with E-state index in [2.05, 4.69) is 0 Å². The van der Waals surface area contributed by atoms with Crippen molar-refractivity contribution in [1.29, 1.82) is 0 Å². The van der Waals surface area contributed by atoms with Gasteiger partial charge in [0.25, 0.3) is 0 Å². The lowest BCUT2D eigenvalue weighted by molar-refractivity contribution is -0.325. The fourth-order valence-corrected chi connectivity index (χ4v) is 0.435. The summed E-state index contributed by atoms with van der Waals surface area (Å²) in [5.74, 6) is -20.2. The molecule has 0 heterocycles. The molecule has 0 N–H and O–H groups in total. The smallest absolute Gasteiger partial charge is 0.192 e. The molecule has 0 nitrogen and oxygen atoms in total. The molecule has 0 amide bonds. The fourth-order valence-electron chi connectivity index (χ4n) is 0.435. The molecule has 0 saturated heterocycles. The van der Waals surface area contributed by atoms with Crippen LogP contribution in [0.15, 0.2) is 0 Å². The molecule has 0 fully saturated rings. The predicted molar refractivity (Wildman–Crippen MR) is 25.8 cm³/mol. The molecule has 90 valence electrons. The molecule has 0 aromatic heterocycles. The Hall–Kier alpha value is -0.700. The van der Waals surface area contributed by atoms with Gasteiger partial charge in [-0.15, -0.1) is 0 Å². The average Bonchev–Trinajstić information content (AvgIpc) is 2.02. The van der Waals surface area contributed by atoms with E-state index >= 15 is 0 Å². The van der Waals surface area contributed by atoms with E-state index < -0.39 is 30.6 Å². The van der Waals surface area contributed by atoms with E-state index in [4.69, 9.17) is 0 Å². The molecule has 0 aliphatic rings. The highest BCUT2D eigenvalue weighted by atomic mass is 19.4. The summed E-state index contributed by atoms with van der Waals surface area (Å²) in [7, 11) is 0. The third-order valence-corrected chi connectivity index (χ3v) is 1.26. The second-order valence-corrected chi connectivity index (χ2v) is 2.24. The van der Waals surface area contributed by atoms with Gasteiger partial charge < -0.3 is 0 Å². The Morgan fingerprint density at radius 2 is 0.733 bits per heavy atom.